The summed E-state index contributed by atoms with van der Waals surface area (Å²) in [5.74, 6) is -0.912. The summed E-state index contributed by atoms with van der Waals surface area (Å²) in [5.41, 5.74) is 3.51. The van der Waals surface area contributed by atoms with E-state index in [4.69, 9.17) is 5.11 Å². The van der Waals surface area contributed by atoms with Gasteiger partial charge in [-0.1, -0.05) is 21.1 Å². The molecular formula is C12H12BrN3O2. The number of hydrogen-bond acceptors (Lipinski definition) is 3. The second-order valence-electron chi connectivity index (χ2n) is 4.12. The molecule has 0 bridgehead atoms. The van der Waals surface area contributed by atoms with E-state index < -0.39 is 5.97 Å². The van der Waals surface area contributed by atoms with Crippen molar-refractivity contribution in [2.24, 2.45) is 0 Å². The molecule has 0 amide bonds. The number of aryl methyl sites for hydroxylation is 2. The highest BCUT2D eigenvalue weighted by molar-refractivity contribution is 9.10. The van der Waals surface area contributed by atoms with Crippen LogP contribution in [0.25, 0.3) is 5.69 Å². The lowest BCUT2D eigenvalue weighted by molar-refractivity contribution is -0.136. The summed E-state index contributed by atoms with van der Waals surface area (Å²) >= 11 is 3.50. The van der Waals surface area contributed by atoms with Crippen molar-refractivity contribution in [3.63, 3.8) is 0 Å². The third-order valence-corrected chi connectivity index (χ3v) is 3.81. The summed E-state index contributed by atoms with van der Waals surface area (Å²) in [7, 11) is 0. The van der Waals surface area contributed by atoms with Crippen molar-refractivity contribution in [3.05, 3.63) is 39.6 Å². The van der Waals surface area contributed by atoms with Crippen LogP contribution >= 0.6 is 15.9 Å². The van der Waals surface area contributed by atoms with Crippen LogP contribution in [0, 0.1) is 13.8 Å². The molecule has 0 saturated carbocycles. The van der Waals surface area contributed by atoms with Gasteiger partial charge in [-0.3, -0.25) is 4.79 Å². The van der Waals surface area contributed by atoms with Crippen LogP contribution < -0.4 is 0 Å². The van der Waals surface area contributed by atoms with E-state index in [0.29, 0.717) is 5.69 Å². The normalized spacial score (nSPS) is 10.6. The molecule has 94 valence electrons. The highest BCUT2D eigenvalue weighted by Crippen LogP contribution is 2.24. The molecule has 1 N–H and O–H groups in total. The topological polar surface area (TPSA) is 68.0 Å². The smallest absolute Gasteiger partial charge is 0.309 e. The average Bonchev–Trinajstić information content (AvgIpc) is 2.72. The number of carboxylic acids is 1. The Hall–Kier alpha value is -1.69. The number of aliphatic carboxylic acids is 1. The van der Waals surface area contributed by atoms with Crippen LogP contribution in [-0.4, -0.2) is 26.1 Å². The van der Waals surface area contributed by atoms with Gasteiger partial charge in [-0.2, -0.15) is 0 Å². The Labute approximate surface area is 113 Å². The summed E-state index contributed by atoms with van der Waals surface area (Å²) in [6.07, 6.45) is 1.52. The van der Waals surface area contributed by atoms with E-state index in [1.165, 1.54) is 0 Å². The zero-order valence-electron chi connectivity index (χ0n) is 10.0. The predicted octanol–water partition coefficient (Wildman–Crippen LogP) is 2.27. The van der Waals surface area contributed by atoms with E-state index >= 15 is 0 Å². The number of carboxylic acid groups (broad SMARTS) is 1. The van der Waals surface area contributed by atoms with Crippen LogP contribution in [0.1, 0.15) is 16.8 Å². The number of benzene rings is 1. The molecule has 1 aromatic carbocycles. The Morgan fingerprint density at radius 3 is 2.56 bits per heavy atom. The molecule has 2 rings (SSSR count). The van der Waals surface area contributed by atoms with Gasteiger partial charge in [0.15, 0.2) is 0 Å². The third-order valence-electron chi connectivity index (χ3n) is 2.56. The van der Waals surface area contributed by atoms with Crippen molar-refractivity contribution in [3.8, 4) is 5.69 Å². The van der Waals surface area contributed by atoms with Crippen LogP contribution in [0.4, 0.5) is 0 Å². The van der Waals surface area contributed by atoms with Crippen molar-refractivity contribution >= 4 is 21.9 Å². The fourth-order valence-corrected chi connectivity index (χ4v) is 1.94. The second kappa shape index (κ2) is 4.89. The van der Waals surface area contributed by atoms with Gasteiger partial charge in [0.05, 0.1) is 24.0 Å². The number of halogens is 1. The molecule has 5 nitrogen and oxygen atoms in total. The van der Waals surface area contributed by atoms with Gasteiger partial charge < -0.3 is 5.11 Å². The first-order valence-electron chi connectivity index (χ1n) is 5.37. The Kier molecular flexibility index (Phi) is 3.47. The molecule has 1 aromatic heterocycles. The van der Waals surface area contributed by atoms with Crippen LogP contribution in [0.2, 0.25) is 0 Å². The number of nitrogens with zero attached hydrogens (tertiary/aromatic N) is 3. The van der Waals surface area contributed by atoms with Gasteiger partial charge in [-0.05, 0) is 37.1 Å². The van der Waals surface area contributed by atoms with Crippen molar-refractivity contribution in [2.75, 3.05) is 0 Å². The highest BCUT2D eigenvalue weighted by atomic mass is 79.9. The predicted molar refractivity (Wildman–Crippen MR) is 69.9 cm³/mol. The molecule has 0 radical (unpaired) electrons. The lowest BCUT2D eigenvalue weighted by Crippen LogP contribution is -2.00. The first kappa shape index (κ1) is 12.8. The fraction of sp³-hybridized carbons (Fsp3) is 0.250. The van der Waals surface area contributed by atoms with Crippen molar-refractivity contribution in [1.82, 2.24) is 15.0 Å². The first-order chi connectivity index (χ1) is 8.47. The van der Waals surface area contributed by atoms with Gasteiger partial charge in [0.1, 0.15) is 0 Å². The van der Waals surface area contributed by atoms with E-state index in [1.807, 2.05) is 26.0 Å². The molecule has 18 heavy (non-hydrogen) atoms. The van der Waals surface area contributed by atoms with Gasteiger partial charge in [0, 0.05) is 4.47 Å². The summed E-state index contributed by atoms with van der Waals surface area (Å²) < 4.78 is 2.65. The molecule has 0 atom stereocenters. The molecule has 0 unspecified atom stereocenters. The standard InChI is InChI=1S/C12H12BrN3O2/c1-7-3-10(4-8(2)12(7)13)16-6-9(14-15-16)5-11(17)18/h3-4,6H,5H2,1-2H3,(H,17,18). The lowest BCUT2D eigenvalue weighted by Gasteiger charge is -2.07. The second-order valence-corrected chi connectivity index (χ2v) is 4.91. The van der Waals surface area contributed by atoms with Gasteiger partial charge >= 0.3 is 5.97 Å². The lowest BCUT2D eigenvalue weighted by atomic mass is 10.1. The zero-order chi connectivity index (χ0) is 13.3. The maximum Gasteiger partial charge on any atom is 0.309 e. The van der Waals surface area contributed by atoms with E-state index in [1.54, 1.807) is 10.9 Å². The summed E-state index contributed by atoms with van der Waals surface area (Å²) in [6.45, 7) is 3.99. The van der Waals surface area contributed by atoms with Crippen molar-refractivity contribution < 1.29 is 9.90 Å². The number of rotatable bonds is 3. The zero-order valence-corrected chi connectivity index (χ0v) is 11.6. The van der Waals surface area contributed by atoms with Gasteiger partial charge in [-0.25, -0.2) is 4.68 Å². The number of hydrogen-bond donors (Lipinski definition) is 1. The molecule has 0 saturated heterocycles. The van der Waals surface area contributed by atoms with Crippen LogP contribution in [0.3, 0.4) is 0 Å². The summed E-state index contributed by atoms with van der Waals surface area (Å²) in [5, 5.41) is 16.5. The summed E-state index contributed by atoms with van der Waals surface area (Å²) in [4.78, 5) is 10.6. The molecule has 2 aromatic rings. The maximum atomic E-state index is 10.6. The minimum absolute atomic E-state index is 0.117. The fourth-order valence-electron chi connectivity index (χ4n) is 1.72. The molecule has 6 heteroatoms. The minimum Gasteiger partial charge on any atom is -0.481 e. The SMILES string of the molecule is Cc1cc(-n2cc(CC(=O)O)nn2)cc(C)c1Br. The van der Waals surface area contributed by atoms with E-state index in [-0.39, 0.29) is 6.42 Å². The molecule has 0 spiro atoms. The molecule has 1 heterocycles. The molecular weight excluding hydrogens is 298 g/mol. The Morgan fingerprint density at radius 2 is 2.00 bits per heavy atom. The van der Waals surface area contributed by atoms with E-state index in [9.17, 15) is 4.79 Å². The average molecular weight is 310 g/mol. The Bertz CT molecular complexity index is 584. The highest BCUT2D eigenvalue weighted by Gasteiger charge is 2.08. The van der Waals surface area contributed by atoms with Crippen molar-refractivity contribution in [2.45, 2.75) is 20.3 Å². The number of aromatic nitrogens is 3. The van der Waals surface area contributed by atoms with E-state index in [2.05, 4.69) is 26.2 Å². The maximum absolute atomic E-state index is 10.6. The molecule has 0 aliphatic rings. The van der Waals surface area contributed by atoms with Gasteiger partial charge in [-0.15, -0.1) is 5.10 Å². The van der Waals surface area contributed by atoms with Crippen LogP contribution in [0.5, 0.6) is 0 Å². The van der Waals surface area contributed by atoms with Crippen LogP contribution in [-0.2, 0) is 11.2 Å². The van der Waals surface area contributed by atoms with Crippen molar-refractivity contribution in [1.29, 1.82) is 0 Å². The Balaban J connectivity index is 2.37. The van der Waals surface area contributed by atoms with E-state index in [0.717, 1.165) is 21.3 Å². The molecule has 0 aliphatic heterocycles. The minimum atomic E-state index is -0.912. The first-order valence-corrected chi connectivity index (χ1v) is 6.17. The molecule has 0 fully saturated rings. The Morgan fingerprint density at radius 1 is 1.39 bits per heavy atom. The van der Waals surface area contributed by atoms with Gasteiger partial charge in [0.25, 0.3) is 0 Å². The largest absolute Gasteiger partial charge is 0.481 e. The van der Waals surface area contributed by atoms with Crippen LogP contribution in [0.15, 0.2) is 22.8 Å². The van der Waals surface area contributed by atoms with Gasteiger partial charge in [0.2, 0.25) is 0 Å². The quantitative estimate of drug-likeness (QED) is 0.944. The third kappa shape index (κ3) is 2.59. The summed E-state index contributed by atoms with van der Waals surface area (Å²) in [6, 6.07) is 3.94. The molecule has 0 aliphatic carbocycles. The monoisotopic (exact) mass is 309 g/mol. The number of carbonyl (C=O) groups is 1.